The van der Waals surface area contributed by atoms with E-state index in [1.807, 2.05) is 18.2 Å². The van der Waals surface area contributed by atoms with Crippen LogP contribution >= 0.6 is 11.8 Å². The number of aromatic carboxylic acids is 1. The average Bonchev–Trinajstić information content (AvgIpc) is 3.25. The van der Waals surface area contributed by atoms with Gasteiger partial charge in [0.2, 0.25) is 5.91 Å². The van der Waals surface area contributed by atoms with Crippen LogP contribution in [0.2, 0.25) is 0 Å². The van der Waals surface area contributed by atoms with Gasteiger partial charge in [0.1, 0.15) is 5.75 Å². The van der Waals surface area contributed by atoms with Crippen LogP contribution in [0.25, 0.3) is 5.69 Å². The van der Waals surface area contributed by atoms with Crippen molar-refractivity contribution in [2.24, 2.45) is 0 Å². The number of rotatable bonds is 9. The molecule has 1 amide bonds. The van der Waals surface area contributed by atoms with Gasteiger partial charge in [-0.15, -0.1) is 10.2 Å². The van der Waals surface area contributed by atoms with E-state index in [0.717, 1.165) is 11.8 Å². The van der Waals surface area contributed by atoms with Gasteiger partial charge in [0.15, 0.2) is 20.8 Å². The maximum absolute atomic E-state index is 12.9. The molecular formula is C24H20N4O5S2. The monoisotopic (exact) mass is 508 g/mol. The Morgan fingerprint density at radius 1 is 0.886 bits per heavy atom. The van der Waals surface area contributed by atoms with Gasteiger partial charge in [0, 0.05) is 11.4 Å². The Morgan fingerprint density at radius 2 is 1.51 bits per heavy atom. The highest BCUT2D eigenvalue weighted by atomic mass is 32.2. The number of aromatic nitrogens is 3. The van der Waals surface area contributed by atoms with Crippen molar-refractivity contribution in [1.82, 2.24) is 14.8 Å². The second-order valence-corrected chi connectivity index (χ2v) is 10.3. The molecule has 11 heteroatoms. The number of nitrogens with zero attached hydrogens (tertiary/aromatic N) is 3. The molecule has 0 bridgehead atoms. The molecule has 35 heavy (non-hydrogen) atoms. The van der Waals surface area contributed by atoms with Gasteiger partial charge in [-0.25, -0.2) is 13.2 Å². The predicted octanol–water partition coefficient (Wildman–Crippen LogP) is 3.67. The van der Waals surface area contributed by atoms with E-state index < -0.39 is 15.8 Å². The zero-order valence-corrected chi connectivity index (χ0v) is 19.9. The minimum Gasteiger partial charge on any atom is -0.478 e. The number of para-hydroxylation sites is 1. The molecule has 4 aromatic rings. The summed E-state index contributed by atoms with van der Waals surface area (Å²) >= 11 is 1.11. The van der Waals surface area contributed by atoms with E-state index in [1.54, 1.807) is 34.9 Å². The van der Waals surface area contributed by atoms with Crippen LogP contribution in [0, 0.1) is 0 Å². The van der Waals surface area contributed by atoms with Crippen LogP contribution in [0.4, 0.5) is 5.69 Å². The normalized spacial score (nSPS) is 11.2. The molecule has 0 saturated heterocycles. The number of nitrogens with one attached hydrogen (secondary N) is 1. The maximum atomic E-state index is 12.9. The third-order valence-electron chi connectivity index (χ3n) is 4.88. The second kappa shape index (κ2) is 10.5. The molecule has 2 N–H and O–H groups in total. The lowest BCUT2D eigenvalue weighted by Gasteiger charge is -2.11. The number of thioether (sulfide) groups is 1. The molecule has 178 valence electrons. The Morgan fingerprint density at radius 3 is 2.14 bits per heavy atom. The minimum atomic E-state index is -3.67. The van der Waals surface area contributed by atoms with Crippen molar-refractivity contribution >= 4 is 39.2 Å². The molecule has 0 spiro atoms. The zero-order chi connectivity index (χ0) is 24.8. The number of carboxylic acid groups (broad SMARTS) is 1. The Kier molecular flexibility index (Phi) is 7.28. The van der Waals surface area contributed by atoms with Crippen LogP contribution in [0.5, 0.6) is 0 Å². The molecule has 0 aliphatic heterocycles. The summed E-state index contributed by atoms with van der Waals surface area (Å²) in [6, 6.07) is 23.0. The fourth-order valence-electron chi connectivity index (χ4n) is 3.23. The SMILES string of the molecule is O=C(CSc1nnc(CS(=O)(=O)c2ccccc2)n1-c1ccccc1)Nc1ccc(C(=O)O)cc1. The average molecular weight is 509 g/mol. The van der Waals surface area contributed by atoms with Crippen molar-refractivity contribution in [3.8, 4) is 5.69 Å². The standard InChI is InChI=1S/C24H20N4O5S2/c29-22(25-18-13-11-17(12-14-18)23(30)31)15-34-24-27-26-21(28(24)19-7-3-1-4-8-19)16-35(32,33)20-9-5-2-6-10-20/h1-14H,15-16H2,(H,25,29)(H,30,31). The number of sulfone groups is 1. The summed E-state index contributed by atoms with van der Waals surface area (Å²) in [5.74, 6) is -1.53. The summed E-state index contributed by atoms with van der Waals surface area (Å²) in [6.45, 7) is 0. The summed E-state index contributed by atoms with van der Waals surface area (Å²) in [6.07, 6.45) is 0. The number of hydrogen-bond acceptors (Lipinski definition) is 7. The molecule has 1 heterocycles. The quantitative estimate of drug-likeness (QED) is 0.328. The topological polar surface area (TPSA) is 131 Å². The fraction of sp³-hybridized carbons (Fsp3) is 0.0833. The zero-order valence-electron chi connectivity index (χ0n) is 18.2. The molecule has 4 rings (SSSR count). The van der Waals surface area contributed by atoms with Crippen LogP contribution < -0.4 is 5.32 Å². The maximum Gasteiger partial charge on any atom is 0.335 e. The first-order valence-electron chi connectivity index (χ1n) is 10.4. The first kappa shape index (κ1) is 24.2. The molecule has 3 aromatic carbocycles. The fourth-order valence-corrected chi connectivity index (χ4v) is 5.26. The number of benzene rings is 3. The van der Waals surface area contributed by atoms with Crippen LogP contribution in [0.1, 0.15) is 16.2 Å². The van der Waals surface area contributed by atoms with E-state index in [-0.39, 0.29) is 33.7 Å². The summed E-state index contributed by atoms with van der Waals surface area (Å²) in [5.41, 5.74) is 1.24. The van der Waals surface area contributed by atoms with E-state index in [4.69, 9.17) is 5.11 Å². The highest BCUT2D eigenvalue weighted by Crippen LogP contribution is 2.25. The smallest absolute Gasteiger partial charge is 0.335 e. The van der Waals surface area contributed by atoms with E-state index in [9.17, 15) is 18.0 Å². The van der Waals surface area contributed by atoms with Crippen molar-refractivity contribution < 1.29 is 23.1 Å². The number of carbonyl (C=O) groups excluding carboxylic acids is 1. The molecule has 0 saturated carbocycles. The molecule has 0 unspecified atom stereocenters. The summed E-state index contributed by atoms with van der Waals surface area (Å²) in [4.78, 5) is 23.6. The highest BCUT2D eigenvalue weighted by molar-refractivity contribution is 7.99. The second-order valence-electron chi connectivity index (χ2n) is 7.36. The van der Waals surface area contributed by atoms with Gasteiger partial charge in [-0.2, -0.15) is 0 Å². The van der Waals surface area contributed by atoms with Gasteiger partial charge in [-0.05, 0) is 48.5 Å². The third-order valence-corrected chi connectivity index (χ3v) is 7.44. The molecule has 1 aromatic heterocycles. The number of carboxylic acids is 1. The predicted molar refractivity (Wildman–Crippen MR) is 131 cm³/mol. The lowest BCUT2D eigenvalue weighted by molar-refractivity contribution is -0.113. The Bertz CT molecular complexity index is 1440. The van der Waals surface area contributed by atoms with Crippen LogP contribution in [0.15, 0.2) is 95.0 Å². The molecule has 0 radical (unpaired) electrons. The Labute approximate surface area is 205 Å². The van der Waals surface area contributed by atoms with Crippen molar-refractivity contribution in [3.05, 3.63) is 96.3 Å². The van der Waals surface area contributed by atoms with Gasteiger partial charge >= 0.3 is 5.97 Å². The number of anilines is 1. The van der Waals surface area contributed by atoms with Crippen molar-refractivity contribution in [2.45, 2.75) is 15.8 Å². The molecular weight excluding hydrogens is 488 g/mol. The Balaban J connectivity index is 1.53. The third kappa shape index (κ3) is 5.94. The van der Waals surface area contributed by atoms with E-state index in [0.29, 0.717) is 16.5 Å². The van der Waals surface area contributed by atoms with Crippen LogP contribution in [0.3, 0.4) is 0 Å². The van der Waals surface area contributed by atoms with Gasteiger partial charge < -0.3 is 10.4 Å². The lowest BCUT2D eigenvalue weighted by Crippen LogP contribution is -2.15. The van der Waals surface area contributed by atoms with E-state index >= 15 is 0 Å². The highest BCUT2D eigenvalue weighted by Gasteiger charge is 2.23. The van der Waals surface area contributed by atoms with Gasteiger partial charge in [0.25, 0.3) is 0 Å². The van der Waals surface area contributed by atoms with Crippen molar-refractivity contribution in [1.29, 1.82) is 0 Å². The molecule has 0 atom stereocenters. The minimum absolute atomic E-state index is 0.0168. The number of hydrogen-bond donors (Lipinski definition) is 2. The van der Waals surface area contributed by atoms with Gasteiger partial charge in [-0.3, -0.25) is 9.36 Å². The summed E-state index contributed by atoms with van der Waals surface area (Å²) in [7, 11) is -3.67. The largest absolute Gasteiger partial charge is 0.478 e. The number of amides is 1. The van der Waals surface area contributed by atoms with Crippen LogP contribution in [-0.2, 0) is 20.4 Å². The Hall–Kier alpha value is -3.96. The number of carbonyl (C=O) groups is 2. The molecule has 9 nitrogen and oxygen atoms in total. The molecule has 0 aliphatic carbocycles. The van der Waals surface area contributed by atoms with Crippen molar-refractivity contribution in [2.75, 3.05) is 11.1 Å². The van der Waals surface area contributed by atoms with Gasteiger partial charge in [0.05, 0.1) is 16.2 Å². The first-order chi connectivity index (χ1) is 16.8. The molecule has 0 fully saturated rings. The van der Waals surface area contributed by atoms with Gasteiger partial charge in [-0.1, -0.05) is 48.2 Å². The lowest BCUT2D eigenvalue weighted by atomic mass is 10.2. The molecule has 0 aliphatic rings. The van der Waals surface area contributed by atoms with E-state index in [1.165, 1.54) is 36.4 Å². The summed E-state index contributed by atoms with van der Waals surface area (Å²) < 4.78 is 27.5. The van der Waals surface area contributed by atoms with Crippen LogP contribution in [-0.4, -0.2) is 45.9 Å². The summed E-state index contributed by atoms with van der Waals surface area (Å²) in [5, 5.41) is 20.3. The van der Waals surface area contributed by atoms with Crippen molar-refractivity contribution in [3.63, 3.8) is 0 Å². The first-order valence-corrected chi connectivity index (χ1v) is 13.0. The van der Waals surface area contributed by atoms with E-state index in [2.05, 4.69) is 15.5 Å².